The summed E-state index contributed by atoms with van der Waals surface area (Å²) in [5.74, 6) is 1.50. The minimum Gasteiger partial charge on any atom is -0.490 e. The van der Waals surface area contributed by atoms with Crippen LogP contribution in [0, 0.1) is 5.92 Å². The number of rotatable bonds is 8. The van der Waals surface area contributed by atoms with Gasteiger partial charge in [0, 0.05) is 35.2 Å². The van der Waals surface area contributed by atoms with Crippen molar-refractivity contribution in [2.75, 3.05) is 31.6 Å². The van der Waals surface area contributed by atoms with E-state index in [0.717, 1.165) is 10.9 Å². The van der Waals surface area contributed by atoms with Gasteiger partial charge < -0.3 is 19.7 Å². The van der Waals surface area contributed by atoms with E-state index in [1.54, 1.807) is 35.4 Å². The van der Waals surface area contributed by atoms with Gasteiger partial charge in [-0.2, -0.15) is 0 Å². The van der Waals surface area contributed by atoms with Crippen molar-refractivity contribution < 1.29 is 19.1 Å². The maximum absolute atomic E-state index is 13.0. The first-order valence-corrected chi connectivity index (χ1v) is 11.4. The van der Waals surface area contributed by atoms with Crippen LogP contribution in [0.1, 0.15) is 43.5 Å². The van der Waals surface area contributed by atoms with Crippen molar-refractivity contribution in [1.29, 1.82) is 0 Å². The summed E-state index contributed by atoms with van der Waals surface area (Å²) >= 11 is 3.33. The first-order chi connectivity index (χ1) is 15.0. The van der Waals surface area contributed by atoms with Crippen LogP contribution >= 0.6 is 15.9 Å². The molecule has 0 aliphatic carbocycles. The van der Waals surface area contributed by atoms with Gasteiger partial charge >= 0.3 is 0 Å². The number of likely N-dealkylation sites (tertiary alicyclic amines) is 1. The molecule has 166 valence electrons. The number of benzene rings is 1. The van der Waals surface area contributed by atoms with Crippen molar-refractivity contribution >= 4 is 33.6 Å². The number of nitrogens with one attached hydrogen (secondary N) is 1. The number of amides is 2. The van der Waals surface area contributed by atoms with Crippen molar-refractivity contribution in [3.63, 3.8) is 0 Å². The number of carbonyl (C=O) groups is 2. The molecular weight excluding hydrogens is 462 g/mol. The molecule has 3 rings (SSSR count). The smallest absolute Gasteiger partial charge is 0.253 e. The van der Waals surface area contributed by atoms with E-state index in [1.807, 2.05) is 19.9 Å². The number of anilines is 1. The number of pyridine rings is 1. The molecular formula is C23H28BrN3O4. The van der Waals surface area contributed by atoms with Crippen LogP contribution in [0.5, 0.6) is 11.5 Å². The van der Waals surface area contributed by atoms with Gasteiger partial charge in [0.05, 0.1) is 13.2 Å². The average Bonchev–Trinajstić information content (AvgIpc) is 2.79. The number of carbonyl (C=O) groups excluding carboxylic acids is 2. The van der Waals surface area contributed by atoms with Crippen molar-refractivity contribution in [1.82, 2.24) is 9.88 Å². The zero-order valence-corrected chi connectivity index (χ0v) is 19.5. The Morgan fingerprint density at radius 2 is 1.90 bits per heavy atom. The second kappa shape index (κ2) is 11.1. The zero-order chi connectivity index (χ0) is 22.2. The van der Waals surface area contributed by atoms with Crippen LogP contribution in [0.15, 0.2) is 41.0 Å². The Labute approximate surface area is 191 Å². The van der Waals surface area contributed by atoms with Crippen LogP contribution in [0.2, 0.25) is 0 Å². The van der Waals surface area contributed by atoms with Gasteiger partial charge in [0.15, 0.2) is 11.5 Å². The number of hydrogen-bond donors (Lipinski definition) is 1. The van der Waals surface area contributed by atoms with Crippen molar-refractivity contribution in [3.05, 3.63) is 46.6 Å². The predicted octanol–water partition coefficient (Wildman–Crippen LogP) is 4.52. The van der Waals surface area contributed by atoms with Crippen LogP contribution in [0.3, 0.4) is 0 Å². The Kier molecular flexibility index (Phi) is 8.28. The third-order valence-electron chi connectivity index (χ3n) is 5.08. The van der Waals surface area contributed by atoms with E-state index < -0.39 is 0 Å². The number of aromatic nitrogens is 1. The topological polar surface area (TPSA) is 80.8 Å². The Bertz CT molecular complexity index is 896. The second-order valence-corrected chi connectivity index (χ2v) is 8.28. The van der Waals surface area contributed by atoms with E-state index in [9.17, 15) is 9.59 Å². The van der Waals surface area contributed by atoms with E-state index in [2.05, 4.69) is 26.2 Å². The number of piperidine rings is 1. The molecule has 1 aliphatic heterocycles. The second-order valence-electron chi connectivity index (χ2n) is 7.36. The number of nitrogens with zero attached hydrogens (tertiary/aromatic N) is 2. The van der Waals surface area contributed by atoms with Gasteiger partial charge in [-0.05, 0) is 72.4 Å². The third-order valence-corrected chi connectivity index (χ3v) is 5.55. The lowest BCUT2D eigenvalue weighted by Gasteiger charge is -2.31. The predicted molar refractivity (Wildman–Crippen MR) is 123 cm³/mol. The highest BCUT2D eigenvalue weighted by Gasteiger charge is 2.28. The van der Waals surface area contributed by atoms with Crippen molar-refractivity contribution in [3.8, 4) is 11.5 Å². The molecule has 1 N–H and O–H groups in total. The number of ether oxygens (including phenoxy) is 2. The molecule has 0 atom stereocenters. The standard InChI is InChI=1S/C23H28BrN3O4/c1-3-13-31-19-7-5-17(14-20(19)30-4-2)23(29)27-11-9-16(10-12-27)22(28)26-21-8-6-18(24)15-25-21/h5-8,14-16H,3-4,9-13H2,1-2H3,(H,25,26,28). The Hall–Kier alpha value is -2.61. The Morgan fingerprint density at radius 3 is 2.55 bits per heavy atom. The lowest BCUT2D eigenvalue weighted by atomic mass is 9.95. The average molecular weight is 490 g/mol. The fourth-order valence-electron chi connectivity index (χ4n) is 3.45. The molecule has 8 heteroatoms. The fourth-order valence-corrected chi connectivity index (χ4v) is 3.68. The monoisotopic (exact) mass is 489 g/mol. The lowest BCUT2D eigenvalue weighted by molar-refractivity contribution is -0.121. The zero-order valence-electron chi connectivity index (χ0n) is 17.9. The van der Waals surface area contributed by atoms with Crippen LogP contribution in [-0.4, -0.2) is 48.0 Å². The molecule has 0 bridgehead atoms. The lowest BCUT2D eigenvalue weighted by Crippen LogP contribution is -2.41. The first kappa shape index (κ1) is 23.1. The minimum atomic E-state index is -0.140. The minimum absolute atomic E-state index is 0.0574. The van der Waals surface area contributed by atoms with E-state index in [1.165, 1.54) is 0 Å². The molecule has 1 aliphatic rings. The Morgan fingerprint density at radius 1 is 1.13 bits per heavy atom. The maximum atomic E-state index is 13.0. The summed E-state index contributed by atoms with van der Waals surface area (Å²) in [6.45, 7) is 6.09. The normalized spacial score (nSPS) is 14.2. The van der Waals surface area contributed by atoms with Crippen LogP contribution in [0.4, 0.5) is 5.82 Å². The van der Waals surface area contributed by atoms with Gasteiger partial charge in [-0.1, -0.05) is 6.92 Å². The van der Waals surface area contributed by atoms with E-state index >= 15 is 0 Å². The molecule has 1 aromatic carbocycles. The molecule has 2 aromatic rings. The van der Waals surface area contributed by atoms with Gasteiger partial charge in [0.2, 0.25) is 5.91 Å². The molecule has 1 saturated heterocycles. The van der Waals surface area contributed by atoms with E-state index in [-0.39, 0.29) is 17.7 Å². The SMILES string of the molecule is CCCOc1ccc(C(=O)N2CCC(C(=O)Nc3ccc(Br)cn3)CC2)cc1OCC. The first-order valence-electron chi connectivity index (χ1n) is 10.6. The van der Waals surface area contributed by atoms with Gasteiger partial charge in [-0.3, -0.25) is 9.59 Å². The van der Waals surface area contributed by atoms with Crippen LogP contribution in [-0.2, 0) is 4.79 Å². The summed E-state index contributed by atoms with van der Waals surface area (Å²) in [6, 6.07) is 8.89. The summed E-state index contributed by atoms with van der Waals surface area (Å²) in [5, 5.41) is 2.85. The molecule has 0 unspecified atom stereocenters. The van der Waals surface area contributed by atoms with Crippen LogP contribution < -0.4 is 14.8 Å². The summed E-state index contributed by atoms with van der Waals surface area (Å²) < 4.78 is 12.2. The molecule has 7 nitrogen and oxygen atoms in total. The van der Waals surface area contributed by atoms with Gasteiger partial charge in [-0.15, -0.1) is 0 Å². The molecule has 0 saturated carbocycles. The third kappa shape index (κ3) is 6.19. The summed E-state index contributed by atoms with van der Waals surface area (Å²) in [4.78, 5) is 31.5. The Balaban J connectivity index is 1.58. The quantitative estimate of drug-likeness (QED) is 0.589. The van der Waals surface area contributed by atoms with Gasteiger partial charge in [0.25, 0.3) is 5.91 Å². The van der Waals surface area contributed by atoms with E-state index in [0.29, 0.717) is 62.0 Å². The van der Waals surface area contributed by atoms with Gasteiger partial charge in [-0.25, -0.2) is 4.98 Å². The molecule has 2 amide bonds. The maximum Gasteiger partial charge on any atom is 0.253 e. The van der Waals surface area contributed by atoms with Crippen molar-refractivity contribution in [2.24, 2.45) is 5.92 Å². The summed E-state index contributed by atoms with van der Waals surface area (Å²) in [5.41, 5.74) is 0.564. The van der Waals surface area contributed by atoms with Gasteiger partial charge in [0.1, 0.15) is 5.82 Å². The molecule has 0 radical (unpaired) electrons. The van der Waals surface area contributed by atoms with Crippen LogP contribution in [0.25, 0.3) is 0 Å². The summed E-state index contributed by atoms with van der Waals surface area (Å²) in [7, 11) is 0. The largest absolute Gasteiger partial charge is 0.490 e. The molecule has 31 heavy (non-hydrogen) atoms. The molecule has 1 aromatic heterocycles. The molecule has 1 fully saturated rings. The molecule has 0 spiro atoms. The summed E-state index contributed by atoms with van der Waals surface area (Å²) in [6.07, 6.45) is 3.77. The van der Waals surface area contributed by atoms with E-state index in [4.69, 9.17) is 9.47 Å². The number of hydrogen-bond acceptors (Lipinski definition) is 5. The fraction of sp³-hybridized carbons (Fsp3) is 0.435. The molecule has 2 heterocycles. The highest BCUT2D eigenvalue weighted by Crippen LogP contribution is 2.30. The van der Waals surface area contributed by atoms with Crippen molar-refractivity contribution in [2.45, 2.75) is 33.1 Å². The highest BCUT2D eigenvalue weighted by molar-refractivity contribution is 9.10. The highest BCUT2D eigenvalue weighted by atomic mass is 79.9. The number of halogens is 1.